The topological polar surface area (TPSA) is 62.3 Å². The van der Waals surface area contributed by atoms with Gasteiger partial charge >= 0.3 is 0 Å². The second kappa shape index (κ2) is 6.81. The van der Waals surface area contributed by atoms with Crippen molar-refractivity contribution in [3.05, 3.63) is 35.7 Å². The molecular formula is C15H18ClN5O. The summed E-state index contributed by atoms with van der Waals surface area (Å²) >= 11 is 5.81. The lowest BCUT2D eigenvalue weighted by Gasteiger charge is -2.30. The molecule has 0 spiro atoms. The number of anilines is 3. The first-order valence-corrected chi connectivity index (χ1v) is 7.53. The molecule has 0 aliphatic carbocycles. The normalized spacial score (nSPS) is 14.7. The van der Waals surface area contributed by atoms with Gasteiger partial charge in [-0.05, 0) is 29.8 Å². The van der Waals surface area contributed by atoms with Crippen LogP contribution in [0.1, 0.15) is 0 Å². The van der Waals surface area contributed by atoms with Gasteiger partial charge in [0.25, 0.3) is 0 Å². The summed E-state index contributed by atoms with van der Waals surface area (Å²) in [4.78, 5) is 10.3. The predicted molar refractivity (Wildman–Crippen MR) is 88.4 cm³/mol. The van der Waals surface area contributed by atoms with Crippen LogP contribution in [0.25, 0.3) is 0 Å². The van der Waals surface area contributed by atoms with Gasteiger partial charge in [0.2, 0.25) is 5.28 Å². The van der Waals surface area contributed by atoms with E-state index in [1.807, 2.05) is 12.1 Å². The summed E-state index contributed by atoms with van der Waals surface area (Å²) in [6, 6.07) is 7.87. The van der Waals surface area contributed by atoms with E-state index in [1.54, 1.807) is 19.4 Å². The van der Waals surface area contributed by atoms with Gasteiger partial charge < -0.3 is 20.3 Å². The molecule has 2 N–H and O–H groups in total. The average molecular weight is 320 g/mol. The molecule has 6 nitrogen and oxygen atoms in total. The maximum Gasteiger partial charge on any atom is 0.224 e. The summed E-state index contributed by atoms with van der Waals surface area (Å²) in [5.74, 6) is 1.40. The molecule has 0 saturated carbocycles. The number of ether oxygens (including phenoxy) is 1. The molecule has 116 valence electrons. The maximum atomic E-state index is 5.81. The molecule has 1 saturated heterocycles. The van der Waals surface area contributed by atoms with Crippen LogP contribution in [0.2, 0.25) is 5.28 Å². The minimum atomic E-state index is 0.210. The maximum absolute atomic E-state index is 5.81. The molecule has 0 amide bonds. The number of hydrogen-bond acceptors (Lipinski definition) is 6. The van der Waals surface area contributed by atoms with Crippen molar-refractivity contribution in [1.82, 2.24) is 15.3 Å². The van der Waals surface area contributed by atoms with E-state index in [4.69, 9.17) is 16.3 Å². The Morgan fingerprint density at radius 2 is 2.09 bits per heavy atom. The molecule has 3 rings (SSSR count). The SMILES string of the molecule is COc1cc(N2CCNCC2)ccc1Nc1ccnc(Cl)n1. The van der Waals surface area contributed by atoms with Gasteiger partial charge in [0.1, 0.15) is 11.6 Å². The van der Waals surface area contributed by atoms with Gasteiger partial charge in [0.15, 0.2) is 0 Å². The number of nitrogens with one attached hydrogen (secondary N) is 2. The van der Waals surface area contributed by atoms with E-state index >= 15 is 0 Å². The monoisotopic (exact) mass is 319 g/mol. The van der Waals surface area contributed by atoms with Crippen molar-refractivity contribution in [2.45, 2.75) is 0 Å². The fourth-order valence-corrected chi connectivity index (χ4v) is 2.59. The van der Waals surface area contributed by atoms with E-state index in [1.165, 1.54) is 0 Å². The second-order valence-corrected chi connectivity index (χ2v) is 5.30. The molecule has 0 radical (unpaired) electrons. The fraction of sp³-hybridized carbons (Fsp3) is 0.333. The van der Waals surface area contributed by atoms with Crippen LogP contribution in [0.4, 0.5) is 17.2 Å². The van der Waals surface area contributed by atoms with Crippen LogP contribution >= 0.6 is 11.6 Å². The Hall–Kier alpha value is -2.05. The van der Waals surface area contributed by atoms with Crippen molar-refractivity contribution in [3.63, 3.8) is 0 Å². The lowest BCUT2D eigenvalue weighted by Crippen LogP contribution is -2.43. The first kappa shape index (κ1) is 14.9. The summed E-state index contributed by atoms with van der Waals surface area (Å²) in [6.45, 7) is 4.00. The van der Waals surface area contributed by atoms with Crippen molar-refractivity contribution in [2.24, 2.45) is 0 Å². The van der Waals surface area contributed by atoms with Gasteiger partial charge in [-0.2, -0.15) is 0 Å². The molecule has 1 fully saturated rings. The highest BCUT2D eigenvalue weighted by Crippen LogP contribution is 2.31. The summed E-state index contributed by atoms with van der Waals surface area (Å²) in [5, 5.41) is 6.76. The van der Waals surface area contributed by atoms with Crippen molar-refractivity contribution in [2.75, 3.05) is 43.5 Å². The third-order valence-corrected chi connectivity index (χ3v) is 3.74. The Bertz CT molecular complexity index is 646. The molecule has 0 bridgehead atoms. The van der Waals surface area contributed by atoms with Crippen molar-refractivity contribution >= 4 is 28.8 Å². The lowest BCUT2D eigenvalue weighted by atomic mass is 10.2. The Labute approximate surface area is 134 Å². The molecule has 1 aromatic heterocycles. The van der Waals surface area contributed by atoms with Crippen LogP contribution in [0.15, 0.2) is 30.5 Å². The average Bonchev–Trinajstić information content (AvgIpc) is 2.56. The van der Waals surface area contributed by atoms with Crippen LogP contribution in [0.5, 0.6) is 5.75 Å². The van der Waals surface area contributed by atoms with E-state index in [2.05, 4.69) is 31.6 Å². The van der Waals surface area contributed by atoms with Gasteiger partial charge in [0, 0.05) is 44.1 Å². The van der Waals surface area contributed by atoms with Crippen LogP contribution < -0.4 is 20.3 Å². The highest BCUT2D eigenvalue weighted by atomic mass is 35.5. The molecule has 0 atom stereocenters. The number of nitrogens with zero attached hydrogens (tertiary/aromatic N) is 3. The largest absolute Gasteiger partial charge is 0.494 e. The zero-order valence-corrected chi connectivity index (χ0v) is 13.1. The predicted octanol–water partition coefficient (Wildman–Crippen LogP) is 2.29. The van der Waals surface area contributed by atoms with Gasteiger partial charge in [-0.1, -0.05) is 0 Å². The summed E-state index contributed by atoms with van der Waals surface area (Å²) < 4.78 is 5.50. The molecule has 22 heavy (non-hydrogen) atoms. The van der Waals surface area contributed by atoms with E-state index in [9.17, 15) is 0 Å². The molecule has 1 aliphatic heterocycles. The zero-order valence-electron chi connectivity index (χ0n) is 12.3. The van der Waals surface area contributed by atoms with Crippen LogP contribution in [-0.4, -0.2) is 43.3 Å². The minimum Gasteiger partial charge on any atom is -0.494 e. The zero-order chi connectivity index (χ0) is 15.4. The van der Waals surface area contributed by atoms with Gasteiger partial charge in [-0.25, -0.2) is 9.97 Å². The number of halogens is 1. The van der Waals surface area contributed by atoms with Crippen LogP contribution in [0, 0.1) is 0 Å². The van der Waals surface area contributed by atoms with E-state index < -0.39 is 0 Å². The second-order valence-electron chi connectivity index (χ2n) is 4.96. The van der Waals surface area contributed by atoms with Gasteiger partial charge in [-0.3, -0.25) is 0 Å². The Morgan fingerprint density at radius 3 is 2.82 bits per heavy atom. The highest BCUT2D eigenvalue weighted by molar-refractivity contribution is 6.28. The molecule has 7 heteroatoms. The number of aromatic nitrogens is 2. The number of hydrogen-bond donors (Lipinski definition) is 2. The number of methoxy groups -OCH3 is 1. The summed E-state index contributed by atoms with van der Waals surface area (Å²) in [7, 11) is 1.66. The molecular weight excluding hydrogens is 302 g/mol. The summed E-state index contributed by atoms with van der Waals surface area (Å²) in [6.07, 6.45) is 1.61. The van der Waals surface area contributed by atoms with Crippen molar-refractivity contribution in [3.8, 4) is 5.75 Å². The molecule has 2 aromatic rings. The number of benzene rings is 1. The Balaban J connectivity index is 1.82. The first-order chi connectivity index (χ1) is 10.8. The molecule has 2 heterocycles. The van der Waals surface area contributed by atoms with Crippen molar-refractivity contribution in [1.29, 1.82) is 0 Å². The molecule has 1 aliphatic rings. The number of rotatable bonds is 4. The molecule has 1 aromatic carbocycles. The van der Waals surface area contributed by atoms with E-state index in [0.717, 1.165) is 43.3 Å². The van der Waals surface area contributed by atoms with E-state index in [0.29, 0.717) is 5.82 Å². The minimum absolute atomic E-state index is 0.210. The first-order valence-electron chi connectivity index (χ1n) is 7.15. The van der Waals surface area contributed by atoms with Crippen LogP contribution in [0.3, 0.4) is 0 Å². The summed E-state index contributed by atoms with van der Waals surface area (Å²) in [5.41, 5.74) is 2.00. The Kier molecular flexibility index (Phi) is 4.60. The third-order valence-electron chi connectivity index (χ3n) is 3.56. The van der Waals surface area contributed by atoms with Crippen molar-refractivity contribution < 1.29 is 4.74 Å². The standard InChI is InChI=1S/C15H18ClN5O/c1-22-13-10-11(21-8-6-17-7-9-21)2-3-12(13)19-14-4-5-18-15(16)20-14/h2-5,10,17H,6-9H2,1H3,(H,18,19,20). The van der Waals surface area contributed by atoms with E-state index in [-0.39, 0.29) is 5.28 Å². The lowest BCUT2D eigenvalue weighted by molar-refractivity contribution is 0.416. The third kappa shape index (κ3) is 3.40. The quantitative estimate of drug-likeness (QED) is 0.843. The van der Waals surface area contributed by atoms with Crippen LogP contribution in [-0.2, 0) is 0 Å². The fourth-order valence-electron chi connectivity index (χ4n) is 2.45. The van der Waals surface area contributed by atoms with Gasteiger partial charge in [-0.15, -0.1) is 0 Å². The Morgan fingerprint density at radius 1 is 1.27 bits per heavy atom. The highest BCUT2D eigenvalue weighted by Gasteiger charge is 2.13. The number of piperazine rings is 1. The smallest absolute Gasteiger partial charge is 0.224 e. The van der Waals surface area contributed by atoms with Gasteiger partial charge in [0.05, 0.1) is 12.8 Å². The molecule has 0 unspecified atom stereocenters.